The van der Waals surface area contributed by atoms with Crippen molar-refractivity contribution in [3.05, 3.63) is 69.9 Å². The Balaban J connectivity index is 1.73. The van der Waals surface area contributed by atoms with Crippen LogP contribution < -0.4 is 5.43 Å². The number of carbonyl (C=O) groups is 1. The Morgan fingerprint density at radius 2 is 1.61 bits per heavy atom. The largest absolute Gasteiger partial charge is 0.456 e. The van der Waals surface area contributed by atoms with E-state index in [1.54, 1.807) is 36.4 Å². The van der Waals surface area contributed by atoms with Gasteiger partial charge >= 0.3 is 0 Å². The van der Waals surface area contributed by atoms with Gasteiger partial charge < -0.3 is 34.8 Å². The van der Waals surface area contributed by atoms with Crippen molar-refractivity contribution in [3.63, 3.8) is 0 Å². The molecule has 9 heteroatoms. The summed E-state index contributed by atoms with van der Waals surface area (Å²) in [6.07, 6.45) is -6.70. The molecule has 3 rings (SSSR count). The van der Waals surface area contributed by atoms with E-state index in [1.807, 2.05) is 13.0 Å². The smallest absolute Gasteiger partial charge is 0.253 e. The maximum atomic E-state index is 12.7. The molecule has 5 N–H and O–H groups in total. The van der Waals surface area contributed by atoms with Crippen LogP contribution in [0.25, 0.3) is 22.3 Å². The maximum Gasteiger partial charge on any atom is 0.253 e. The number of aliphatic hydroxyl groups excluding tert-OH is 5. The van der Waals surface area contributed by atoms with E-state index in [1.165, 1.54) is 13.1 Å². The van der Waals surface area contributed by atoms with Gasteiger partial charge in [0, 0.05) is 30.8 Å². The number of amides is 1. The molecule has 0 spiro atoms. The fourth-order valence-corrected chi connectivity index (χ4v) is 3.44. The van der Waals surface area contributed by atoms with Gasteiger partial charge in [0.15, 0.2) is 5.43 Å². The van der Waals surface area contributed by atoms with Gasteiger partial charge in [0.2, 0.25) is 0 Å². The van der Waals surface area contributed by atoms with Gasteiger partial charge in [-0.25, -0.2) is 0 Å². The summed E-state index contributed by atoms with van der Waals surface area (Å²) >= 11 is 0. The highest BCUT2D eigenvalue weighted by molar-refractivity contribution is 5.94. The topological polar surface area (TPSA) is 152 Å². The van der Waals surface area contributed by atoms with Crippen molar-refractivity contribution in [2.75, 3.05) is 20.2 Å². The van der Waals surface area contributed by atoms with Crippen LogP contribution in [0.15, 0.2) is 57.7 Å². The molecular weight excluding hydrogens is 430 g/mol. The highest BCUT2D eigenvalue weighted by Gasteiger charge is 2.31. The quantitative estimate of drug-likeness (QED) is 0.323. The Morgan fingerprint density at radius 3 is 2.24 bits per heavy atom. The van der Waals surface area contributed by atoms with Crippen molar-refractivity contribution in [2.24, 2.45) is 0 Å². The molecule has 33 heavy (non-hydrogen) atoms. The van der Waals surface area contributed by atoms with Crippen LogP contribution in [-0.4, -0.2) is 81.0 Å². The summed E-state index contributed by atoms with van der Waals surface area (Å²) in [4.78, 5) is 26.3. The maximum absolute atomic E-state index is 12.7. The van der Waals surface area contributed by atoms with E-state index in [9.17, 15) is 30.0 Å². The SMILES string of the molecule is Cc1ccc2oc(-c3ccc(C(=O)N(C)CC(O)C(O)C(O)C(O)CO)cc3)cc(=O)c2c1. The van der Waals surface area contributed by atoms with Gasteiger partial charge in [-0.15, -0.1) is 0 Å². The van der Waals surface area contributed by atoms with Gasteiger partial charge in [-0.05, 0) is 31.2 Å². The van der Waals surface area contributed by atoms with Crippen LogP contribution in [0.3, 0.4) is 0 Å². The van der Waals surface area contributed by atoms with E-state index in [0.717, 1.165) is 10.5 Å². The average Bonchev–Trinajstić information content (AvgIpc) is 2.82. The third kappa shape index (κ3) is 5.47. The van der Waals surface area contributed by atoms with Crippen LogP contribution >= 0.6 is 0 Å². The number of fused-ring (bicyclic) bond motifs is 1. The lowest BCUT2D eigenvalue weighted by Crippen LogP contribution is -2.49. The number of carbonyl (C=O) groups excluding carboxylic acids is 1. The number of rotatable bonds is 8. The van der Waals surface area contributed by atoms with Crippen molar-refractivity contribution in [2.45, 2.75) is 31.3 Å². The van der Waals surface area contributed by atoms with E-state index in [4.69, 9.17) is 9.52 Å². The van der Waals surface area contributed by atoms with E-state index in [-0.39, 0.29) is 17.5 Å². The summed E-state index contributed by atoms with van der Waals surface area (Å²) < 4.78 is 5.84. The Hall–Kier alpha value is -3.08. The van der Waals surface area contributed by atoms with Crippen LogP contribution in [0, 0.1) is 6.92 Å². The summed E-state index contributed by atoms with van der Waals surface area (Å²) in [5, 5.41) is 48.4. The van der Waals surface area contributed by atoms with Gasteiger partial charge in [-0.3, -0.25) is 9.59 Å². The minimum atomic E-state index is -1.77. The Labute approximate surface area is 189 Å². The standard InChI is InChI=1S/C24H27NO8/c1-13-3-8-20-16(9-13)17(27)10-21(33-20)14-4-6-15(7-5-14)24(32)25(2)11-18(28)22(30)23(31)19(29)12-26/h3-10,18-19,22-23,26,28-31H,11-12H2,1-2H3. The van der Waals surface area contributed by atoms with Crippen LogP contribution in [0.4, 0.5) is 0 Å². The van der Waals surface area contributed by atoms with Crippen molar-refractivity contribution in [1.29, 1.82) is 0 Å². The van der Waals surface area contributed by atoms with E-state index >= 15 is 0 Å². The molecule has 0 aliphatic rings. The lowest BCUT2D eigenvalue weighted by Gasteiger charge is -2.28. The van der Waals surface area contributed by atoms with Crippen molar-refractivity contribution < 1.29 is 34.7 Å². The molecule has 3 aromatic rings. The molecule has 9 nitrogen and oxygen atoms in total. The second-order valence-corrected chi connectivity index (χ2v) is 8.04. The van der Waals surface area contributed by atoms with E-state index in [0.29, 0.717) is 22.3 Å². The molecule has 0 saturated heterocycles. The zero-order valence-corrected chi connectivity index (χ0v) is 18.3. The van der Waals surface area contributed by atoms with Crippen LogP contribution in [0.1, 0.15) is 15.9 Å². The van der Waals surface area contributed by atoms with Crippen molar-refractivity contribution in [3.8, 4) is 11.3 Å². The number of aryl methyl sites for hydroxylation is 1. The van der Waals surface area contributed by atoms with Crippen LogP contribution in [0.5, 0.6) is 0 Å². The fraction of sp³-hybridized carbons (Fsp3) is 0.333. The normalized spacial score (nSPS) is 15.1. The summed E-state index contributed by atoms with van der Waals surface area (Å²) in [5.41, 5.74) is 2.13. The van der Waals surface area contributed by atoms with E-state index < -0.39 is 36.9 Å². The first-order chi connectivity index (χ1) is 15.6. The van der Waals surface area contributed by atoms with Crippen molar-refractivity contribution >= 4 is 16.9 Å². The Bertz CT molecular complexity index is 1170. The zero-order valence-electron chi connectivity index (χ0n) is 18.3. The lowest BCUT2D eigenvalue weighted by atomic mass is 10.0. The van der Waals surface area contributed by atoms with E-state index in [2.05, 4.69) is 0 Å². The Morgan fingerprint density at radius 1 is 0.970 bits per heavy atom. The minimum absolute atomic E-state index is 0.170. The van der Waals surface area contributed by atoms with Gasteiger partial charge in [0.25, 0.3) is 5.91 Å². The predicted octanol–water partition coefficient (Wildman–Crippen LogP) is 0.276. The molecular formula is C24H27NO8. The highest BCUT2D eigenvalue weighted by Crippen LogP contribution is 2.23. The lowest BCUT2D eigenvalue weighted by molar-refractivity contribution is -0.117. The zero-order chi connectivity index (χ0) is 24.3. The second-order valence-electron chi connectivity index (χ2n) is 8.04. The molecule has 1 heterocycles. The number of hydrogen-bond donors (Lipinski definition) is 5. The number of hydrogen-bond acceptors (Lipinski definition) is 8. The molecule has 176 valence electrons. The number of likely N-dealkylation sites (N-methyl/N-ethyl adjacent to an activating group) is 1. The van der Waals surface area contributed by atoms with Gasteiger partial charge in [-0.2, -0.15) is 0 Å². The monoisotopic (exact) mass is 457 g/mol. The summed E-state index contributed by atoms with van der Waals surface area (Å²) in [7, 11) is 1.41. The molecule has 4 unspecified atom stereocenters. The number of benzene rings is 2. The summed E-state index contributed by atoms with van der Waals surface area (Å²) in [6, 6.07) is 13.1. The fourth-order valence-electron chi connectivity index (χ4n) is 3.44. The van der Waals surface area contributed by atoms with Gasteiger partial charge in [0.1, 0.15) is 35.8 Å². The molecule has 0 saturated carbocycles. The molecule has 0 radical (unpaired) electrons. The molecule has 0 fully saturated rings. The summed E-state index contributed by atoms with van der Waals surface area (Å²) in [5.74, 6) is -0.0980. The van der Waals surface area contributed by atoms with Gasteiger partial charge in [-0.1, -0.05) is 23.8 Å². The number of aliphatic hydroxyl groups is 5. The third-order valence-electron chi connectivity index (χ3n) is 5.43. The average molecular weight is 457 g/mol. The molecule has 2 aromatic carbocycles. The molecule has 0 bridgehead atoms. The first kappa shape index (κ1) is 24.6. The second kappa shape index (κ2) is 10.2. The highest BCUT2D eigenvalue weighted by atomic mass is 16.4. The molecule has 0 aliphatic carbocycles. The molecule has 0 aliphatic heterocycles. The molecule has 4 atom stereocenters. The first-order valence-electron chi connectivity index (χ1n) is 10.4. The summed E-state index contributed by atoms with van der Waals surface area (Å²) in [6.45, 7) is 0.777. The Kier molecular flexibility index (Phi) is 7.62. The molecule has 1 amide bonds. The predicted molar refractivity (Wildman–Crippen MR) is 121 cm³/mol. The minimum Gasteiger partial charge on any atom is -0.456 e. The number of nitrogens with zero attached hydrogens (tertiary/aromatic N) is 1. The van der Waals surface area contributed by atoms with Crippen LogP contribution in [0.2, 0.25) is 0 Å². The first-order valence-corrected chi connectivity index (χ1v) is 10.4. The van der Waals surface area contributed by atoms with Gasteiger partial charge in [0.05, 0.1) is 12.0 Å². The van der Waals surface area contributed by atoms with Crippen LogP contribution in [-0.2, 0) is 0 Å². The van der Waals surface area contributed by atoms with Crippen molar-refractivity contribution in [1.82, 2.24) is 4.90 Å². The third-order valence-corrected chi connectivity index (χ3v) is 5.43. The molecule has 1 aromatic heterocycles.